The number of carboxylic acids is 1. The van der Waals surface area contributed by atoms with Crippen LogP contribution in [-0.2, 0) is 4.79 Å². The van der Waals surface area contributed by atoms with E-state index in [4.69, 9.17) is 21.4 Å². The van der Waals surface area contributed by atoms with Gasteiger partial charge >= 0.3 is 5.97 Å². The lowest BCUT2D eigenvalue weighted by molar-refractivity contribution is -0.141. The molecule has 1 aromatic rings. The summed E-state index contributed by atoms with van der Waals surface area (Å²) >= 11 is 5.76. The van der Waals surface area contributed by atoms with Crippen LogP contribution in [0.5, 0.6) is 5.75 Å². The van der Waals surface area contributed by atoms with Gasteiger partial charge in [-0.3, -0.25) is 4.79 Å². The van der Waals surface area contributed by atoms with E-state index in [0.29, 0.717) is 10.8 Å². The number of benzene rings is 1. The summed E-state index contributed by atoms with van der Waals surface area (Å²) < 4.78 is 5.00. The normalized spacial score (nSPS) is 14.1. The van der Waals surface area contributed by atoms with Crippen LogP contribution < -0.4 is 4.74 Å². The quantitative estimate of drug-likeness (QED) is 0.741. The Bertz CT molecular complexity index is 407. The third-order valence-electron chi connectivity index (χ3n) is 2.26. The summed E-state index contributed by atoms with van der Waals surface area (Å²) in [7, 11) is 1.41. The largest absolute Gasteiger partial charge is 0.496 e. The van der Waals surface area contributed by atoms with Crippen LogP contribution >= 0.6 is 11.6 Å². The number of carbonyl (C=O) groups is 1. The van der Waals surface area contributed by atoms with E-state index in [2.05, 4.69) is 0 Å². The van der Waals surface area contributed by atoms with Gasteiger partial charge in [0.1, 0.15) is 11.9 Å². The number of methoxy groups -OCH3 is 1. The van der Waals surface area contributed by atoms with Crippen LogP contribution in [0, 0.1) is 0 Å². The van der Waals surface area contributed by atoms with Crippen LogP contribution in [0.3, 0.4) is 0 Å². The van der Waals surface area contributed by atoms with Crippen LogP contribution in [-0.4, -0.2) is 34.5 Å². The number of halogens is 1. The van der Waals surface area contributed by atoms with Crippen LogP contribution in [0.1, 0.15) is 18.1 Å². The first-order chi connectivity index (χ1) is 7.95. The summed E-state index contributed by atoms with van der Waals surface area (Å²) in [6, 6.07) is 4.53. The molecule has 0 aromatic heterocycles. The zero-order valence-electron chi connectivity index (χ0n) is 9.13. The maximum Gasteiger partial charge on any atom is 0.306 e. The number of hydrogen-bond donors (Lipinski definition) is 3. The van der Waals surface area contributed by atoms with E-state index < -0.39 is 24.6 Å². The topological polar surface area (TPSA) is 87.0 Å². The van der Waals surface area contributed by atoms with Crippen molar-refractivity contribution in [3.8, 4) is 5.75 Å². The molecule has 0 bridgehead atoms. The maximum absolute atomic E-state index is 10.4. The average Bonchev–Trinajstić information content (AvgIpc) is 2.27. The molecule has 3 N–H and O–H groups in total. The Kier molecular flexibility index (Phi) is 4.74. The minimum atomic E-state index is -1.42. The highest BCUT2D eigenvalue weighted by molar-refractivity contribution is 6.30. The summed E-state index contributed by atoms with van der Waals surface area (Å²) in [6.07, 6.45) is -3.34. The molecule has 1 rings (SSSR count). The van der Waals surface area contributed by atoms with Crippen LogP contribution in [0.25, 0.3) is 0 Å². The second kappa shape index (κ2) is 5.86. The molecule has 0 saturated heterocycles. The number of rotatable bonds is 5. The van der Waals surface area contributed by atoms with Gasteiger partial charge in [0.15, 0.2) is 0 Å². The Hall–Kier alpha value is -1.30. The zero-order valence-corrected chi connectivity index (χ0v) is 9.89. The first-order valence-electron chi connectivity index (χ1n) is 4.87. The predicted octanol–water partition coefficient (Wildman–Crippen LogP) is 1.22. The standard InChI is InChI=1S/C11H13ClO5/c1-17-9-3-2-6(12)4-7(9)11(16)8(13)5-10(14)15/h2-4,8,11,13,16H,5H2,1H3,(H,14,15). The van der Waals surface area contributed by atoms with E-state index in [1.54, 1.807) is 6.07 Å². The summed E-state index contributed by atoms with van der Waals surface area (Å²) in [5.41, 5.74) is 0.258. The van der Waals surface area contributed by atoms with Crippen molar-refractivity contribution in [3.63, 3.8) is 0 Å². The van der Waals surface area contributed by atoms with Crippen molar-refractivity contribution in [2.24, 2.45) is 0 Å². The highest BCUT2D eigenvalue weighted by Gasteiger charge is 2.24. The fraction of sp³-hybridized carbons (Fsp3) is 0.364. The number of hydrogen-bond acceptors (Lipinski definition) is 4. The minimum Gasteiger partial charge on any atom is -0.496 e. The Balaban J connectivity index is 2.97. The molecule has 5 nitrogen and oxygen atoms in total. The van der Waals surface area contributed by atoms with Crippen molar-refractivity contribution in [3.05, 3.63) is 28.8 Å². The van der Waals surface area contributed by atoms with Gasteiger partial charge in [0.2, 0.25) is 0 Å². The average molecular weight is 261 g/mol. The van der Waals surface area contributed by atoms with Crippen molar-refractivity contribution >= 4 is 17.6 Å². The van der Waals surface area contributed by atoms with Gasteiger partial charge in [-0.2, -0.15) is 0 Å². The summed E-state index contributed by atoms with van der Waals surface area (Å²) in [6.45, 7) is 0. The Morgan fingerprint density at radius 2 is 2.12 bits per heavy atom. The molecule has 17 heavy (non-hydrogen) atoms. The molecule has 1 aromatic carbocycles. The first-order valence-corrected chi connectivity index (χ1v) is 5.25. The number of aliphatic carboxylic acids is 1. The summed E-state index contributed by atoms with van der Waals surface area (Å²) in [5, 5.41) is 28.2. The van der Waals surface area contributed by atoms with Crippen LogP contribution in [0.4, 0.5) is 0 Å². The molecule has 2 unspecified atom stereocenters. The molecule has 0 heterocycles. The van der Waals surface area contributed by atoms with Crippen LogP contribution in [0.15, 0.2) is 18.2 Å². The number of aliphatic hydroxyl groups is 2. The van der Waals surface area contributed by atoms with Gasteiger partial charge in [-0.25, -0.2) is 0 Å². The van der Waals surface area contributed by atoms with E-state index in [1.807, 2.05) is 0 Å². The molecule has 0 aliphatic carbocycles. The van der Waals surface area contributed by atoms with Crippen LogP contribution in [0.2, 0.25) is 5.02 Å². The zero-order chi connectivity index (χ0) is 13.0. The van der Waals surface area contributed by atoms with Gasteiger partial charge < -0.3 is 20.1 Å². The Morgan fingerprint density at radius 1 is 1.47 bits per heavy atom. The van der Waals surface area contributed by atoms with Gasteiger partial charge in [0, 0.05) is 10.6 Å². The molecule has 0 fully saturated rings. The SMILES string of the molecule is COc1ccc(Cl)cc1C(O)C(O)CC(=O)O. The van der Waals surface area contributed by atoms with Crippen molar-refractivity contribution < 1.29 is 24.9 Å². The fourth-order valence-electron chi connectivity index (χ4n) is 1.43. The third-order valence-corrected chi connectivity index (χ3v) is 2.49. The van der Waals surface area contributed by atoms with Crippen molar-refractivity contribution in [2.45, 2.75) is 18.6 Å². The number of ether oxygens (including phenoxy) is 1. The molecule has 6 heteroatoms. The lowest BCUT2D eigenvalue weighted by Gasteiger charge is -2.19. The van der Waals surface area contributed by atoms with Crippen molar-refractivity contribution in [1.82, 2.24) is 0 Å². The number of aliphatic hydroxyl groups excluding tert-OH is 2. The fourth-order valence-corrected chi connectivity index (χ4v) is 1.61. The molecular weight excluding hydrogens is 248 g/mol. The second-order valence-electron chi connectivity index (χ2n) is 3.50. The summed E-state index contributed by atoms with van der Waals surface area (Å²) in [4.78, 5) is 10.4. The van der Waals surface area contributed by atoms with Gasteiger partial charge in [0.05, 0.1) is 19.6 Å². The maximum atomic E-state index is 10.4. The smallest absolute Gasteiger partial charge is 0.306 e. The summed E-state index contributed by atoms with van der Waals surface area (Å²) in [5.74, 6) is -0.858. The molecule has 0 aliphatic heterocycles. The Labute approximate surface area is 103 Å². The van der Waals surface area contributed by atoms with E-state index in [0.717, 1.165) is 0 Å². The molecule has 0 aliphatic rings. The molecule has 0 radical (unpaired) electrons. The molecule has 0 spiro atoms. The van der Waals surface area contributed by atoms with Gasteiger partial charge in [-0.05, 0) is 18.2 Å². The highest BCUT2D eigenvalue weighted by atomic mass is 35.5. The van der Waals surface area contributed by atoms with E-state index in [-0.39, 0.29) is 5.56 Å². The van der Waals surface area contributed by atoms with Crippen molar-refractivity contribution in [2.75, 3.05) is 7.11 Å². The lowest BCUT2D eigenvalue weighted by Crippen LogP contribution is -2.22. The first kappa shape index (κ1) is 13.8. The minimum absolute atomic E-state index is 0.258. The van der Waals surface area contributed by atoms with E-state index in [1.165, 1.54) is 19.2 Å². The number of carboxylic acid groups (broad SMARTS) is 1. The predicted molar refractivity (Wildman–Crippen MR) is 61.2 cm³/mol. The highest BCUT2D eigenvalue weighted by Crippen LogP contribution is 2.30. The van der Waals surface area contributed by atoms with E-state index in [9.17, 15) is 15.0 Å². The molecular formula is C11H13ClO5. The molecule has 94 valence electrons. The van der Waals surface area contributed by atoms with Gasteiger partial charge in [0.25, 0.3) is 0 Å². The molecule has 0 saturated carbocycles. The van der Waals surface area contributed by atoms with Gasteiger partial charge in [-0.15, -0.1) is 0 Å². The molecule has 0 amide bonds. The second-order valence-corrected chi connectivity index (χ2v) is 3.93. The lowest BCUT2D eigenvalue weighted by atomic mass is 10.0. The Morgan fingerprint density at radius 3 is 2.65 bits per heavy atom. The van der Waals surface area contributed by atoms with Crippen molar-refractivity contribution in [1.29, 1.82) is 0 Å². The van der Waals surface area contributed by atoms with E-state index >= 15 is 0 Å². The monoisotopic (exact) mass is 260 g/mol. The third kappa shape index (κ3) is 3.59. The van der Waals surface area contributed by atoms with Gasteiger partial charge in [-0.1, -0.05) is 11.6 Å². The molecule has 2 atom stereocenters.